The Balaban J connectivity index is 2.25. The number of rotatable bonds is 4. The van der Waals surface area contributed by atoms with Crippen LogP contribution in [0, 0.1) is 5.82 Å². The minimum Gasteiger partial charge on any atom is -0.458 e. The van der Waals surface area contributed by atoms with Crippen molar-refractivity contribution < 1.29 is 18.3 Å². The maximum absolute atomic E-state index is 13.4. The summed E-state index contributed by atoms with van der Waals surface area (Å²) < 4.78 is 25.3. The van der Waals surface area contributed by atoms with Gasteiger partial charge >= 0.3 is 0 Å². The number of aliphatic hydroxyl groups is 1. The number of aliphatic hydroxyl groups excluding tert-OH is 1. The van der Waals surface area contributed by atoms with Crippen molar-refractivity contribution in [3.05, 3.63) is 35.3 Å². The first-order chi connectivity index (χ1) is 9.64. The zero-order valence-electron chi connectivity index (χ0n) is 13.3. The lowest BCUT2D eigenvalue weighted by Gasteiger charge is -2.35. The van der Waals surface area contributed by atoms with Crippen LogP contribution in [0.5, 0.6) is 0 Å². The molecular formula is C16H23FO3Si. The van der Waals surface area contributed by atoms with E-state index in [0.717, 1.165) is 0 Å². The summed E-state index contributed by atoms with van der Waals surface area (Å²) in [6, 6.07) is 4.49. The van der Waals surface area contributed by atoms with Gasteiger partial charge in [0.2, 0.25) is 0 Å². The third kappa shape index (κ3) is 3.36. The van der Waals surface area contributed by atoms with Crippen LogP contribution in [-0.4, -0.2) is 13.4 Å². The highest BCUT2D eigenvalue weighted by molar-refractivity contribution is 6.74. The number of fused-ring (bicyclic) bond motifs is 1. The second-order valence-corrected chi connectivity index (χ2v) is 11.7. The van der Waals surface area contributed by atoms with E-state index in [1.54, 1.807) is 6.07 Å². The molecule has 1 aromatic heterocycles. The Labute approximate surface area is 125 Å². The van der Waals surface area contributed by atoms with Crippen molar-refractivity contribution in [3.63, 3.8) is 0 Å². The van der Waals surface area contributed by atoms with Crippen molar-refractivity contribution in [2.75, 3.05) is 0 Å². The van der Waals surface area contributed by atoms with Gasteiger partial charge in [0.05, 0.1) is 13.2 Å². The van der Waals surface area contributed by atoms with E-state index in [1.165, 1.54) is 12.1 Å². The molecule has 0 spiro atoms. The van der Waals surface area contributed by atoms with Crippen LogP contribution < -0.4 is 0 Å². The lowest BCUT2D eigenvalue weighted by atomic mass is 10.1. The summed E-state index contributed by atoms with van der Waals surface area (Å²) in [6.07, 6.45) is 0. The second-order valence-electron chi connectivity index (χ2n) is 6.90. The van der Waals surface area contributed by atoms with Gasteiger partial charge in [-0.25, -0.2) is 4.39 Å². The molecule has 1 heterocycles. The normalized spacial score (nSPS) is 13.1. The molecule has 0 unspecified atom stereocenters. The Bertz CT molecular complexity index is 641. The first-order valence-corrected chi connectivity index (χ1v) is 10.0. The average molecular weight is 310 g/mol. The zero-order chi connectivity index (χ0) is 15.8. The van der Waals surface area contributed by atoms with Gasteiger partial charge in [0.1, 0.15) is 17.2 Å². The van der Waals surface area contributed by atoms with Gasteiger partial charge in [-0.15, -0.1) is 0 Å². The van der Waals surface area contributed by atoms with E-state index in [9.17, 15) is 9.50 Å². The summed E-state index contributed by atoms with van der Waals surface area (Å²) in [5.74, 6) is 0.291. The van der Waals surface area contributed by atoms with E-state index in [2.05, 4.69) is 33.9 Å². The molecule has 21 heavy (non-hydrogen) atoms. The number of benzene rings is 1. The maximum atomic E-state index is 13.4. The van der Waals surface area contributed by atoms with Crippen LogP contribution in [0.2, 0.25) is 18.1 Å². The Kier molecular flexibility index (Phi) is 4.28. The minimum absolute atomic E-state index is 0.126. The van der Waals surface area contributed by atoms with Gasteiger partial charge in [0.25, 0.3) is 0 Å². The van der Waals surface area contributed by atoms with E-state index < -0.39 is 8.32 Å². The van der Waals surface area contributed by atoms with Crippen molar-refractivity contribution in [1.82, 2.24) is 0 Å². The molecule has 0 aliphatic heterocycles. The van der Waals surface area contributed by atoms with E-state index in [0.29, 0.717) is 28.9 Å². The highest BCUT2D eigenvalue weighted by Crippen LogP contribution is 2.37. The molecule has 0 aliphatic carbocycles. The number of furan rings is 1. The molecule has 5 heteroatoms. The SMILES string of the molecule is CC(C)(C)[Si](C)(C)OCc1cc2cc(F)cc(CO)c2o1. The predicted octanol–water partition coefficient (Wildman–Crippen LogP) is 4.59. The van der Waals surface area contributed by atoms with Crippen LogP contribution in [0.4, 0.5) is 4.39 Å². The standard InChI is InChI=1S/C16H23FO3Si/c1-16(2,3)21(4,5)19-10-14-8-11-6-13(17)7-12(9-18)15(11)20-14/h6-8,18H,9-10H2,1-5H3. The van der Waals surface area contributed by atoms with E-state index in [-0.39, 0.29) is 17.5 Å². The van der Waals surface area contributed by atoms with Crippen molar-refractivity contribution in [2.45, 2.75) is 52.1 Å². The maximum Gasteiger partial charge on any atom is 0.192 e. The molecular weight excluding hydrogens is 287 g/mol. The van der Waals surface area contributed by atoms with Crippen LogP contribution in [0.1, 0.15) is 32.1 Å². The first kappa shape index (κ1) is 16.2. The Hall–Kier alpha value is -1.17. The molecule has 1 N–H and O–H groups in total. The molecule has 0 atom stereocenters. The highest BCUT2D eigenvalue weighted by Gasteiger charge is 2.37. The van der Waals surface area contributed by atoms with Gasteiger partial charge in [-0.05, 0) is 36.3 Å². The average Bonchev–Trinajstić information content (AvgIpc) is 2.76. The third-order valence-electron chi connectivity index (χ3n) is 4.26. The van der Waals surface area contributed by atoms with Crippen molar-refractivity contribution >= 4 is 19.3 Å². The monoisotopic (exact) mass is 310 g/mol. The molecule has 2 aromatic rings. The molecule has 0 fully saturated rings. The lowest BCUT2D eigenvalue weighted by molar-refractivity contribution is 0.248. The van der Waals surface area contributed by atoms with E-state index in [4.69, 9.17) is 8.84 Å². The largest absolute Gasteiger partial charge is 0.458 e. The molecule has 0 aliphatic rings. The van der Waals surface area contributed by atoms with Crippen LogP contribution in [0.3, 0.4) is 0 Å². The third-order valence-corrected chi connectivity index (χ3v) is 8.74. The Morgan fingerprint density at radius 1 is 1.24 bits per heavy atom. The Morgan fingerprint density at radius 3 is 2.48 bits per heavy atom. The van der Waals surface area contributed by atoms with Crippen LogP contribution >= 0.6 is 0 Å². The van der Waals surface area contributed by atoms with Gasteiger partial charge in [0, 0.05) is 10.9 Å². The molecule has 0 amide bonds. The van der Waals surface area contributed by atoms with Gasteiger partial charge in [-0.3, -0.25) is 0 Å². The molecule has 0 saturated carbocycles. The van der Waals surface area contributed by atoms with Crippen LogP contribution in [0.15, 0.2) is 22.6 Å². The fraction of sp³-hybridized carbons (Fsp3) is 0.500. The molecule has 0 bridgehead atoms. The summed E-state index contributed by atoms with van der Waals surface area (Å²) in [7, 11) is -1.85. The first-order valence-electron chi connectivity index (χ1n) is 7.10. The summed E-state index contributed by atoms with van der Waals surface area (Å²) in [5.41, 5.74) is 0.997. The van der Waals surface area contributed by atoms with E-state index >= 15 is 0 Å². The van der Waals surface area contributed by atoms with Crippen molar-refractivity contribution in [3.8, 4) is 0 Å². The fourth-order valence-corrected chi connectivity index (χ4v) is 2.83. The topological polar surface area (TPSA) is 42.6 Å². The lowest BCUT2D eigenvalue weighted by Crippen LogP contribution is -2.40. The molecule has 1 aromatic carbocycles. The number of hydrogen-bond acceptors (Lipinski definition) is 3. The summed E-state index contributed by atoms with van der Waals surface area (Å²) >= 11 is 0. The van der Waals surface area contributed by atoms with Gasteiger partial charge in [-0.1, -0.05) is 20.8 Å². The highest BCUT2D eigenvalue weighted by atomic mass is 28.4. The van der Waals surface area contributed by atoms with Gasteiger partial charge < -0.3 is 13.9 Å². The minimum atomic E-state index is -1.85. The Morgan fingerprint density at radius 2 is 1.90 bits per heavy atom. The van der Waals surface area contributed by atoms with Crippen LogP contribution in [-0.2, 0) is 17.6 Å². The molecule has 0 saturated heterocycles. The summed E-state index contributed by atoms with van der Waals surface area (Å²) in [5, 5.41) is 10.1. The fourth-order valence-electron chi connectivity index (χ4n) is 1.90. The van der Waals surface area contributed by atoms with Crippen molar-refractivity contribution in [2.24, 2.45) is 0 Å². The molecule has 3 nitrogen and oxygen atoms in total. The molecule has 0 radical (unpaired) electrons. The molecule has 116 valence electrons. The van der Waals surface area contributed by atoms with Gasteiger partial charge in [-0.2, -0.15) is 0 Å². The number of hydrogen-bond donors (Lipinski definition) is 1. The van der Waals surface area contributed by atoms with Crippen molar-refractivity contribution in [1.29, 1.82) is 0 Å². The van der Waals surface area contributed by atoms with E-state index in [1.807, 2.05) is 0 Å². The van der Waals surface area contributed by atoms with Crippen LogP contribution in [0.25, 0.3) is 11.0 Å². The smallest absolute Gasteiger partial charge is 0.192 e. The number of halogens is 1. The predicted molar refractivity (Wildman–Crippen MR) is 84.1 cm³/mol. The molecule has 2 rings (SSSR count). The second kappa shape index (κ2) is 5.55. The van der Waals surface area contributed by atoms with Gasteiger partial charge in [0.15, 0.2) is 8.32 Å². The summed E-state index contributed by atoms with van der Waals surface area (Å²) in [4.78, 5) is 0. The summed E-state index contributed by atoms with van der Waals surface area (Å²) in [6.45, 7) is 11.0. The zero-order valence-corrected chi connectivity index (χ0v) is 14.3. The quantitative estimate of drug-likeness (QED) is 0.840.